The van der Waals surface area contributed by atoms with Crippen LogP contribution >= 0.6 is 12.4 Å². The largest absolute Gasteiger partial charge is 0.481 e. The summed E-state index contributed by atoms with van der Waals surface area (Å²) in [6.45, 7) is 4.28. The number of hydrogen-bond acceptors (Lipinski definition) is 3. The fraction of sp³-hybridized carbons (Fsp3) is 0.857. The van der Waals surface area contributed by atoms with Crippen LogP contribution in [0.4, 0.5) is 0 Å². The smallest absolute Gasteiger partial charge is 0.305 e. The van der Waals surface area contributed by atoms with E-state index in [1.807, 2.05) is 13.8 Å². The molecule has 0 heterocycles. The first kappa shape index (κ1) is 14.2. The third-order valence-electron chi connectivity index (χ3n) is 0.934. The minimum absolute atomic E-state index is 0. The van der Waals surface area contributed by atoms with Gasteiger partial charge in [0.25, 0.3) is 0 Å². The average molecular weight is 198 g/mol. The molecule has 0 atom stereocenters. The Morgan fingerprint density at radius 1 is 1.58 bits per heavy atom. The molecule has 0 aliphatic heterocycles. The minimum atomic E-state index is -0.847. The lowest BCUT2D eigenvalue weighted by molar-refractivity contribution is -0.138. The van der Waals surface area contributed by atoms with E-state index in [0.717, 1.165) is 0 Å². The average Bonchev–Trinajstić information content (AvgIpc) is 1.78. The lowest BCUT2D eigenvalue weighted by Crippen LogP contribution is -2.37. The number of rotatable bonds is 5. The predicted octanol–water partition coefficient (Wildman–Crippen LogP) is 0.637. The Bertz CT molecular complexity index is 133. The van der Waals surface area contributed by atoms with Crippen molar-refractivity contribution in [2.45, 2.75) is 25.8 Å². The summed E-state index contributed by atoms with van der Waals surface area (Å²) in [6, 6.07) is 0. The van der Waals surface area contributed by atoms with Crippen LogP contribution in [0, 0.1) is 0 Å². The molecule has 0 aromatic heterocycles. The van der Waals surface area contributed by atoms with Gasteiger partial charge in [-0.3, -0.25) is 4.79 Å². The van der Waals surface area contributed by atoms with Crippen molar-refractivity contribution < 1.29 is 14.6 Å². The minimum Gasteiger partial charge on any atom is -0.481 e. The van der Waals surface area contributed by atoms with E-state index < -0.39 is 5.97 Å². The molecule has 0 aromatic carbocycles. The molecule has 0 spiro atoms. The van der Waals surface area contributed by atoms with Gasteiger partial charge in [0.2, 0.25) is 0 Å². The zero-order chi connectivity index (χ0) is 8.91. The Morgan fingerprint density at radius 3 is 2.42 bits per heavy atom. The Balaban J connectivity index is 0. The highest BCUT2D eigenvalue weighted by molar-refractivity contribution is 5.85. The fourth-order valence-electron chi connectivity index (χ4n) is 0.495. The molecule has 0 saturated carbocycles. The molecule has 0 rings (SSSR count). The van der Waals surface area contributed by atoms with Crippen molar-refractivity contribution >= 4 is 18.4 Å². The van der Waals surface area contributed by atoms with Gasteiger partial charge in [0.15, 0.2) is 0 Å². The summed E-state index contributed by atoms with van der Waals surface area (Å²) in [7, 11) is 0. The van der Waals surface area contributed by atoms with E-state index in [1.54, 1.807) is 0 Å². The number of hydrogen-bond donors (Lipinski definition) is 2. The first-order chi connectivity index (χ1) is 4.92. The van der Waals surface area contributed by atoms with Gasteiger partial charge < -0.3 is 15.6 Å². The highest BCUT2D eigenvalue weighted by Gasteiger charge is 2.10. The summed E-state index contributed by atoms with van der Waals surface area (Å²) < 4.78 is 5.00. The molecule has 0 aliphatic rings. The predicted molar refractivity (Wildman–Crippen MR) is 48.6 cm³/mol. The molecule has 12 heavy (non-hydrogen) atoms. The van der Waals surface area contributed by atoms with Crippen LogP contribution in [0.2, 0.25) is 0 Å². The van der Waals surface area contributed by atoms with Crippen LogP contribution in [-0.2, 0) is 9.53 Å². The molecule has 3 N–H and O–H groups in total. The van der Waals surface area contributed by atoms with Gasteiger partial charge in [0.05, 0.1) is 19.6 Å². The van der Waals surface area contributed by atoms with Crippen LogP contribution in [0.1, 0.15) is 20.3 Å². The third-order valence-corrected chi connectivity index (χ3v) is 0.934. The van der Waals surface area contributed by atoms with Crippen LogP contribution < -0.4 is 5.73 Å². The zero-order valence-electron chi connectivity index (χ0n) is 7.37. The van der Waals surface area contributed by atoms with E-state index in [9.17, 15) is 4.79 Å². The summed E-state index contributed by atoms with van der Waals surface area (Å²) in [6.07, 6.45) is 0.0378. The van der Waals surface area contributed by atoms with Crippen molar-refractivity contribution in [3.63, 3.8) is 0 Å². The number of ether oxygens (including phenoxy) is 1. The Kier molecular flexibility index (Phi) is 7.37. The lowest BCUT2D eigenvalue weighted by Gasteiger charge is -2.17. The van der Waals surface area contributed by atoms with E-state index >= 15 is 0 Å². The maximum Gasteiger partial charge on any atom is 0.305 e. The molecule has 0 fully saturated rings. The number of nitrogens with two attached hydrogens (primary N) is 1. The maximum atomic E-state index is 10.0. The maximum absolute atomic E-state index is 10.0. The number of carboxylic acid groups (broad SMARTS) is 1. The normalized spacial score (nSPS) is 10.6. The monoisotopic (exact) mass is 197 g/mol. The summed E-state index contributed by atoms with van der Waals surface area (Å²) >= 11 is 0. The highest BCUT2D eigenvalue weighted by Crippen LogP contribution is 1.97. The number of carbonyl (C=O) groups is 1. The number of carboxylic acids is 1. The van der Waals surface area contributed by atoms with Crippen LogP contribution in [0.25, 0.3) is 0 Å². The van der Waals surface area contributed by atoms with Gasteiger partial charge in [0, 0.05) is 5.54 Å². The SMILES string of the molecule is CC(C)(N)COCCC(=O)O.Cl. The standard InChI is InChI=1S/C7H15NO3.ClH/c1-7(2,8)5-11-4-3-6(9)10;/h3-5,8H2,1-2H3,(H,9,10);1H. The summed E-state index contributed by atoms with van der Waals surface area (Å²) in [4.78, 5) is 10.0. The van der Waals surface area contributed by atoms with E-state index in [-0.39, 0.29) is 31.0 Å². The van der Waals surface area contributed by atoms with Crippen LogP contribution in [0.15, 0.2) is 0 Å². The molecule has 5 heteroatoms. The number of aliphatic carboxylic acids is 1. The third kappa shape index (κ3) is 12.4. The molecular weight excluding hydrogens is 182 g/mol. The van der Waals surface area contributed by atoms with Crippen molar-refractivity contribution in [2.75, 3.05) is 13.2 Å². The molecule has 4 nitrogen and oxygen atoms in total. The van der Waals surface area contributed by atoms with Gasteiger partial charge in [0.1, 0.15) is 0 Å². The molecule has 0 radical (unpaired) electrons. The van der Waals surface area contributed by atoms with E-state index in [1.165, 1.54) is 0 Å². The van der Waals surface area contributed by atoms with E-state index in [0.29, 0.717) is 6.61 Å². The molecule has 74 valence electrons. The topological polar surface area (TPSA) is 72.5 Å². The van der Waals surface area contributed by atoms with Crippen LogP contribution in [0.3, 0.4) is 0 Å². The van der Waals surface area contributed by atoms with Gasteiger partial charge in [-0.05, 0) is 13.8 Å². The molecule has 0 unspecified atom stereocenters. The van der Waals surface area contributed by atoms with Crippen LogP contribution in [0.5, 0.6) is 0 Å². The van der Waals surface area contributed by atoms with Crippen molar-refractivity contribution in [1.29, 1.82) is 0 Å². The second-order valence-corrected chi connectivity index (χ2v) is 3.18. The van der Waals surface area contributed by atoms with Crippen molar-refractivity contribution in [3.05, 3.63) is 0 Å². The Labute approximate surface area is 78.5 Å². The quantitative estimate of drug-likeness (QED) is 0.635. The molecule has 0 bridgehead atoms. The van der Waals surface area contributed by atoms with Gasteiger partial charge in [-0.15, -0.1) is 12.4 Å². The number of halogens is 1. The summed E-state index contributed by atoms with van der Waals surface area (Å²) in [5.74, 6) is -0.847. The first-order valence-corrected chi connectivity index (χ1v) is 3.50. The van der Waals surface area contributed by atoms with Gasteiger partial charge >= 0.3 is 5.97 Å². The van der Waals surface area contributed by atoms with E-state index in [4.69, 9.17) is 15.6 Å². The van der Waals surface area contributed by atoms with Crippen molar-refractivity contribution in [2.24, 2.45) is 5.73 Å². The van der Waals surface area contributed by atoms with Gasteiger partial charge in [-0.1, -0.05) is 0 Å². The van der Waals surface area contributed by atoms with Gasteiger partial charge in [-0.25, -0.2) is 0 Å². The fourth-order valence-corrected chi connectivity index (χ4v) is 0.495. The second kappa shape index (κ2) is 6.22. The van der Waals surface area contributed by atoms with E-state index in [2.05, 4.69) is 0 Å². The highest BCUT2D eigenvalue weighted by atomic mass is 35.5. The summed E-state index contributed by atoms with van der Waals surface area (Å²) in [5, 5.41) is 8.23. The molecule has 0 aliphatic carbocycles. The summed E-state index contributed by atoms with van der Waals surface area (Å²) in [5.41, 5.74) is 5.20. The lowest BCUT2D eigenvalue weighted by atomic mass is 10.1. The van der Waals surface area contributed by atoms with Gasteiger partial charge in [-0.2, -0.15) is 0 Å². The van der Waals surface area contributed by atoms with Crippen molar-refractivity contribution in [3.8, 4) is 0 Å². The van der Waals surface area contributed by atoms with Crippen LogP contribution in [-0.4, -0.2) is 29.8 Å². The molecule has 0 saturated heterocycles. The van der Waals surface area contributed by atoms with Crippen molar-refractivity contribution in [1.82, 2.24) is 0 Å². The molecule has 0 amide bonds. The second-order valence-electron chi connectivity index (χ2n) is 3.18. The Morgan fingerprint density at radius 2 is 2.08 bits per heavy atom. The zero-order valence-corrected chi connectivity index (χ0v) is 8.19. The Hall–Kier alpha value is -0.320. The first-order valence-electron chi connectivity index (χ1n) is 3.50. The molecule has 0 aromatic rings. The molecular formula is C7H16ClNO3.